The molecular formula is C18H20N2O3S. The molecule has 0 saturated carbocycles. The highest BCUT2D eigenvalue weighted by molar-refractivity contribution is 7.89. The van der Waals surface area contributed by atoms with E-state index in [1.54, 1.807) is 31.4 Å². The number of ether oxygens (including phenoxy) is 1. The van der Waals surface area contributed by atoms with Gasteiger partial charge in [0, 0.05) is 30.7 Å². The molecule has 1 aromatic heterocycles. The molecule has 0 radical (unpaired) electrons. The third-order valence-electron chi connectivity index (χ3n) is 4.04. The summed E-state index contributed by atoms with van der Waals surface area (Å²) in [5.74, 6) is 0.629. The lowest BCUT2D eigenvalue weighted by Crippen LogP contribution is -2.25. The van der Waals surface area contributed by atoms with E-state index in [4.69, 9.17) is 4.74 Å². The standard InChI is InChI=1S/C18H20N2O3S/c1-20-13-14(17-5-3-4-6-18(17)20)11-12-19-24(21,22)16-9-7-15(23-2)8-10-16/h3-10,13,19H,11-12H2,1-2H3. The predicted octanol–water partition coefficient (Wildman–Crippen LogP) is 2.71. The van der Waals surface area contributed by atoms with Crippen LogP contribution in [-0.4, -0.2) is 26.6 Å². The van der Waals surface area contributed by atoms with Crippen LogP contribution in [0, 0.1) is 0 Å². The Morgan fingerprint density at radius 1 is 1.08 bits per heavy atom. The molecule has 3 rings (SSSR count). The van der Waals surface area contributed by atoms with Crippen molar-refractivity contribution in [3.05, 3.63) is 60.3 Å². The van der Waals surface area contributed by atoms with Crippen LogP contribution in [0.3, 0.4) is 0 Å². The normalized spacial score (nSPS) is 11.8. The van der Waals surface area contributed by atoms with Crippen molar-refractivity contribution in [3.63, 3.8) is 0 Å². The topological polar surface area (TPSA) is 60.3 Å². The van der Waals surface area contributed by atoms with E-state index in [0.29, 0.717) is 18.7 Å². The number of nitrogens with zero attached hydrogens (tertiary/aromatic N) is 1. The molecule has 24 heavy (non-hydrogen) atoms. The number of hydrogen-bond donors (Lipinski definition) is 1. The fourth-order valence-corrected chi connectivity index (χ4v) is 3.81. The Balaban J connectivity index is 1.70. The summed E-state index contributed by atoms with van der Waals surface area (Å²) in [4.78, 5) is 0.237. The summed E-state index contributed by atoms with van der Waals surface area (Å²) in [6.07, 6.45) is 2.68. The quantitative estimate of drug-likeness (QED) is 0.748. The Bertz CT molecular complexity index is 944. The van der Waals surface area contributed by atoms with E-state index in [9.17, 15) is 8.42 Å². The van der Waals surface area contributed by atoms with Gasteiger partial charge in [-0.3, -0.25) is 0 Å². The van der Waals surface area contributed by atoms with Crippen molar-refractivity contribution in [1.82, 2.24) is 9.29 Å². The van der Waals surface area contributed by atoms with E-state index in [0.717, 1.165) is 16.5 Å². The highest BCUT2D eigenvalue weighted by atomic mass is 32.2. The highest BCUT2D eigenvalue weighted by Crippen LogP contribution is 2.21. The highest BCUT2D eigenvalue weighted by Gasteiger charge is 2.14. The first kappa shape index (κ1) is 16.5. The molecule has 0 bridgehead atoms. The third kappa shape index (κ3) is 3.29. The minimum absolute atomic E-state index is 0.237. The number of nitrogens with one attached hydrogen (secondary N) is 1. The van der Waals surface area contributed by atoms with Crippen LogP contribution in [0.4, 0.5) is 0 Å². The summed E-state index contributed by atoms with van der Waals surface area (Å²) in [7, 11) is 0.0267. The van der Waals surface area contributed by atoms with E-state index in [1.807, 2.05) is 25.4 Å². The second-order valence-corrected chi connectivity index (χ2v) is 7.37. The summed E-state index contributed by atoms with van der Waals surface area (Å²) >= 11 is 0. The Morgan fingerprint density at radius 2 is 1.79 bits per heavy atom. The average molecular weight is 344 g/mol. The van der Waals surface area contributed by atoms with E-state index in [2.05, 4.69) is 21.4 Å². The second-order valence-electron chi connectivity index (χ2n) is 5.61. The molecule has 3 aromatic rings. The van der Waals surface area contributed by atoms with Crippen molar-refractivity contribution in [2.24, 2.45) is 7.05 Å². The van der Waals surface area contributed by atoms with Crippen LogP contribution < -0.4 is 9.46 Å². The Labute approximate surface area is 141 Å². The lowest BCUT2D eigenvalue weighted by atomic mass is 10.1. The van der Waals surface area contributed by atoms with Crippen molar-refractivity contribution < 1.29 is 13.2 Å². The van der Waals surface area contributed by atoms with Gasteiger partial charge in [-0.25, -0.2) is 13.1 Å². The first-order valence-electron chi connectivity index (χ1n) is 7.68. The summed E-state index contributed by atoms with van der Waals surface area (Å²) in [6.45, 7) is 0.350. The Hall–Kier alpha value is -2.31. The Kier molecular flexibility index (Phi) is 4.59. The zero-order chi connectivity index (χ0) is 17.2. The van der Waals surface area contributed by atoms with Gasteiger partial charge < -0.3 is 9.30 Å². The first-order chi connectivity index (χ1) is 11.5. The smallest absolute Gasteiger partial charge is 0.240 e. The molecule has 0 aliphatic heterocycles. The van der Waals surface area contributed by atoms with Gasteiger partial charge in [0.15, 0.2) is 0 Å². The first-order valence-corrected chi connectivity index (χ1v) is 9.16. The van der Waals surface area contributed by atoms with Crippen molar-refractivity contribution in [2.75, 3.05) is 13.7 Å². The SMILES string of the molecule is COc1ccc(S(=O)(=O)NCCc2cn(C)c3ccccc23)cc1. The fraction of sp³-hybridized carbons (Fsp3) is 0.222. The molecule has 2 aromatic carbocycles. The van der Waals surface area contributed by atoms with Gasteiger partial charge >= 0.3 is 0 Å². The van der Waals surface area contributed by atoms with Gasteiger partial charge in [0.25, 0.3) is 0 Å². The summed E-state index contributed by atoms with van der Waals surface area (Å²) in [6, 6.07) is 14.5. The minimum atomic E-state index is -3.51. The number of methoxy groups -OCH3 is 1. The molecule has 0 saturated heterocycles. The van der Waals surface area contributed by atoms with Crippen molar-refractivity contribution in [2.45, 2.75) is 11.3 Å². The largest absolute Gasteiger partial charge is 0.497 e. The number of aromatic nitrogens is 1. The van der Waals surface area contributed by atoms with Gasteiger partial charge in [0.1, 0.15) is 5.75 Å². The number of aryl methyl sites for hydroxylation is 1. The fourth-order valence-electron chi connectivity index (χ4n) is 2.78. The number of hydrogen-bond acceptors (Lipinski definition) is 3. The van der Waals surface area contributed by atoms with Gasteiger partial charge in [0.05, 0.1) is 12.0 Å². The van der Waals surface area contributed by atoms with Crippen LogP contribution >= 0.6 is 0 Å². The Morgan fingerprint density at radius 3 is 2.50 bits per heavy atom. The summed E-state index contributed by atoms with van der Waals surface area (Å²) < 4.78 is 34.4. The monoisotopic (exact) mass is 344 g/mol. The van der Waals surface area contributed by atoms with Crippen LogP contribution in [0.25, 0.3) is 10.9 Å². The molecule has 0 amide bonds. The molecule has 6 heteroatoms. The van der Waals surface area contributed by atoms with Gasteiger partial charge in [-0.1, -0.05) is 18.2 Å². The van der Waals surface area contributed by atoms with Crippen LogP contribution in [0.5, 0.6) is 5.75 Å². The molecule has 1 N–H and O–H groups in total. The second kappa shape index (κ2) is 6.67. The lowest BCUT2D eigenvalue weighted by molar-refractivity contribution is 0.414. The minimum Gasteiger partial charge on any atom is -0.497 e. The van der Waals surface area contributed by atoms with Gasteiger partial charge in [0.2, 0.25) is 10.0 Å². The average Bonchev–Trinajstić information content (AvgIpc) is 2.91. The molecule has 0 unspecified atom stereocenters. The predicted molar refractivity (Wildman–Crippen MR) is 94.8 cm³/mol. The maximum absolute atomic E-state index is 12.3. The van der Waals surface area contributed by atoms with E-state index >= 15 is 0 Å². The molecule has 1 heterocycles. The van der Waals surface area contributed by atoms with E-state index in [1.165, 1.54) is 0 Å². The summed E-state index contributed by atoms with van der Waals surface area (Å²) in [5, 5.41) is 1.16. The number of sulfonamides is 1. The van der Waals surface area contributed by atoms with Crippen LogP contribution in [0.15, 0.2) is 59.6 Å². The zero-order valence-electron chi connectivity index (χ0n) is 13.7. The van der Waals surface area contributed by atoms with E-state index in [-0.39, 0.29) is 4.90 Å². The van der Waals surface area contributed by atoms with Gasteiger partial charge in [-0.15, -0.1) is 0 Å². The molecular weight excluding hydrogens is 324 g/mol. The van der Waals surface area contributed by atoms with Crippen molar-refractivity contribution >= 4 is 20.9 Å². The van der Waals surface area contributed by atoms with Crippen molar-refractivity contribution in [1.29, 1.82) is 0 Å². The zero-order valence-corrected chi connectivity index (χ0v) is 14.5. The molecule has 0 atom stereocenters. The van der Waals surface area contributed by atoms with E-state index < -0.39 is 10.0 Å². The van der Waals surface area contributed by atoms with Gasteiger partial charge in [-0.05, 0) is 42.3 Å². The van der Waals surface area contributed by atoms with Crippen LogP contribution in [0.2, 0.25) is 0 Å². The maximum Gasteiger partial charge on any atom is 0.240 e. The molecule has 0 aliphatic carbocycles. The lowest BCUT2D eigenvalue weighted by Gasteiger charge is -2.07. The number of benzene rings is 2. The molecule has 5 nitrogen and oxygen atoms in total. The van der Waals surface area contributed by atoms with Crippen molar-refractivity contribution in [3.8, 4) is 5.75 Å². The molecule has 0 aliphatic rings. The summed E-state index contributed by atoms with van der Waals surface area (Å²) in [5.41, 5.74) is 2.27. The molecule has 0 fully saturated rings. The third-order valence-corrected chi connectivity index (χ3v) is 5.51. The van der Waals surface area contributed by atoms with Crippen LogP contribution in [-0.2, 0) is 23.5 Å². The number of fused-ring (bicyclic) bond motifs is 1. The molecule has 0 spiro atoms. The number of para-hydroxylation sites is 1. The number of rotatable bonds is 6. The molecule has 126 valence electrons. The van der Waals surface area contributed by atoms with Crippen LogP contribution in [0.1, 0.15) is 5.56 Å². The maximum atomic E-state index is 12.3. The van der Waals surface area contributed by atoms with Gasteiger partial charge in [-0.2, -0.15) is 0 Å².